The molecule has 352 valence electrons. The number of nitrogens with zero attached hydrogens (tertiary/aromatic N) is 4. The number of amides is 2. The second kappa shape index (κ2) is 22.3. The first-order chi connectivity index (χ1) is 32.2. The lowest BCUT2D eigenvalue weighted by Gasteiger charge is -2.45. The Labute approximate surface area is 410 Å². The number of nitrogens with one attached hydrogen (secondary N) is 2. The molecular weight excluding hydrogens is 903 g/mol. The molecule has 0 radical (unpaired) electrons. The van der Waals surface area contributed by atoms with Crippen molar-refractivity contribution in [2.24, 2.45) is 0 Å². The maximum atomic E-state index is 13.3. The third kappa shape index (κ3) is 11.9. The number of halogens is 3. The van der Waals surface area contributed by atoms with Crippen LogP contribution in [0.15, 0.2) is 120 Å². The summed E-state index contributed by atoms with van der Waals surface area (Å²) >= 11 is 19.2. The standard InChI is InChI=1S/C28H33N3O2.C26H28Cl3N3O2/c1-21-10-7-8-11-22(21)20-28(31(2)3)17-15-23(16-18-28)30-26(32)25-14-9-19-29-27(25)33-24-12-5-4-6-13-24;1-16-22(24(31-34-16)23-20(28)9-6-10-21(23)29)25(33)30-18-11-13-26(14-12-18,32(2)3)15-17-7-4-5-8-19(17)27/h4-14,19,23H,15-18,20H2,1-3H3,(H,30,32);4-10,18H,11-15H2,1-3H3,(H,30,33). The summed E-state index contributed by atoms with van der Waals surface area (Å²) in [6.07, 6.45) is 11.2. The van der Waals surface area contributed by atoms with Crippen molar-refractivity contribution < 1.29 is 18.8 Å². The minimum absolute atomic E-state index is 0.00438. The van der Waals surface area contributed by atoms with E-state index in [9.17, 15) is 9.59 Å². The van der Waals surface area contributed by atoms with Gasteiger partial charge in [-0.15, -0.1) is 0 Å². The minimum atomic E-state index is -0.224. The van der Waals surface area contributed by atoms with Gasteiger partial charge in [-0.25, -0.2) is 4.98 Å². The van der Waals surface area contributed by atoms with E-state index in [4.69, 9.17) is 44.1 Å². The Bertz CT molecular complexity index is 2600. The molecule has 2 aromatic heterocycles. The summed E-state index contributed by atoms with van der Waals surface area (Å²) < 4.78 is 11.2. The summed E-state index contributed by atoms with van der Waals surface area (Å²) in [6.45, 7) is 3.91. The molecule has 2 aliphatic rings. The largest absolute Gasteiger partial charge is 0.438 e. The fourth-order valence-electron chi connectivity index (χ4n) is 9.62. The van der Waals surface area contributed by atoms with Crippen LogP contribution in [-0.4, -0.2) is 83.1 Å². The second-order valence-corrected chi connectivity index (χ2v) is 19.7. The molecule has 2 aliphatic carbocycles. The molecule has 0 spiro atoms. The van der Waals surface area contributed by atoms with Crippen molar-refractivity contribution in [2.45, 2.75) is 101 Å². The van der Waals surface area contributed by atoms with E-state index in [0.717, 1.165) is 74.8 Å². The number of carbonyl (C=O) groups excluding carboxylic acids is 2. The molecular formula is C54H61Cl3N6O4. The van der Waals surface area contributed by atoms with Crippen molar-refractivity contribution in [3.63, 3.8) is 0 Å². The molecule has 2 fully saturated rings. The smallest absolute Gasteiger partial charge is 0.257 e. The Balaban J connectivity index is 0.000000199. The third-order valence-electron chi connectivity index (χ3n) is 13.9. The molecule has 2 heterocycles. The maximum Gasteiger partial charge on any atom is 0.257 e. The topological polar surface area (TPSA) is 113 Å². The van der Waals surface area contributed by atoms with Crippen molar-refractivity contribution in [1.29, 1.82) is 0 Å². The van der Waals surface area contributed by atoms with Crippen molar-refractivity contribution in [3.8, 4) is 22.9 Å². The van der Waals surface area contributed by atoms with Gasteiger partial charge in [-0.05, 0) is 165 Å². The molecule has 13 heteroatoms. The first kappa shape index (κ1) is 49.7. The van der Waals surface area contributed by atoms with Gasteiger partial charge in [0.25, 0.3) is 11.8 Å². The lowest BCUT2D eigenvalue weighted by atomic mass is 9.74. The number of aromatic nitrogens is 2. The van der Waals surface area contributed by atoms with Gasteiger partial charge >= 0.3 is 0 Å². The Hall–Kier alpha value is -5.23. The highest BCUT2D eigenvalue weighted by molar-refractivity contribution is 6.39. The summed E-state index contributed by atoms with van der Waals surface area (Å²) in [5, 5.41) is 12.2. The minimum Gasteiger partial charge on any atom is -0.438 e. The summed E-state index contributed by atoms with van der Waals surface area (Å²) in [5.74, 6) is 1.07. The Kier molecular flexibility index (Phi) is 16.5. The summed E-state index contributed by atoms with van der Waals surface area (Å²) in [7, 11) is 8.60. The van der Waals surface area contributed by atoms with E-state index >= 15 is 0 Å². The molecule has 2 N–H and O–H groups in total. The van der Waals surface area contributed by atoms with Crippen molar-refractivity contribution in [2.75, 3.05) is 28.2 Å². The quantitative estimate of drug-likeness (QED) is 0.118. The van der Waals surface area contributed by atoms with Gasteiger partial charge in [0.1, 0.15) is 28.3 Å². The monoisotopic (exact) mass is 962 g/mol. The van der Waals surface area contributed by atoms with Crippen LogP contribution < -0.4 is 15.4 Å². The number of benzene rings is 4. The number of likely N-dealkylation sites (N-methyl/N-ethyl adjacent to an activating group) is 2. The van der Waals surface area contributed by atoms with E-state index in [1.54, 1.807) is 43.5 Å². The highest BCUT2D eigenvalue weighted by Gasteiger charge is 2.40. The maximum absolute atomic E-state index is 13.3. The van der Waals surface area contributed by atoms with E-state index in [0.29, 0.717) is 49.8 Å². The fraction of sp³-hybridized carbons (Fsp3) is 0.370. The van der Waals surface area contributed by atoms with Gasteiger partial charge in [-0.2, -0.15) is 0 Å². The average Bonchev–Trinajstić information content (AvgIpc) is 3.70. The van der Waals surface area contributed by atoms with Crippen LogP contribution in [0.2, 0.25) is 15.1 Å². The van der Waals surface area contributed by atoms with E-state index < -0.39 is 0 Å². The SMILES string of the molecule is Cc1ccccc1CC1(N(C)C)CCC(NC(=O)c2cccnc2Oc2ccccc2)CC1.Cc1onc(-c2c(Cl)cccc2Cl)c1C(=O)NC1CCC(Cc2ccccc2Cl)(N(C)C)CC1. The number of ether oxygens (including phenoxy) is 1. The number of hydrogen-bond acceptors (Lipinski definition) is 8. The average molecular weight is 964 g/mol. The normalized spacial score (nSPS) is 20.5. The molecule has 10 nitrogen and oxygen atoms in total. The van der Waals surface area contributed by atoms with Gasteiger partial charge < -0.3 is 29.7 Å². The van der Waals surface area contributed by atoms with Crippen LogP contribution in [0.4, 0.5) is 0 Å². The lowest BCUT2D eigenvalue weighted by Crippen LogP contribution is -2.52. The number of carbonyl (C=O) groups is 2. The van der Waals surface area contributed by atoms with Gasteiger partial charge in [-0.1, -0.05) is 107 Å². The molecule has 2 amide bonds. The van der Waals surface area contributed by atoms with E-state index in [2.05, 4.69) is 96.0 Å². The molecule has 0 atom stereocenters. The Morgan fingerprint density at radius 2 is 1.18 bits per heavy atom. The predicted molar refractivity (Wildman–Crippen MR) is 270 cm³/mol. The van der Waals surface area contributed by atoms with Gasteiger partial charge in [0.05, 0.1) is 10.0 Å². The summed E-state index contributed by atoms with van der Waals surface area (Å²) in [4.78, 5) is 35.4. The van der Waals surface area contributed by atoms with Crippen LogP contribution in [0.5, 0.6) is 11.6 Å². The number of rotatable bonds is 13. The van der Waals surface area contributed by atoms with Crippen LogP contribution in [0.25, 0.3) is 11.3 Å². The molecule has 6 aromatic rings. The summed E-state index contributed by atoms with van der Waals surface area (Å²) in [6, 6.07) is 35.0. The van der Waals surface area contributed by atoms with Gasteiger partial charge in [0.15, 0.2) is 0 Å². The van der Waals surface area contributed by atoms with Gasteiger partial charge in [0.2, 0.25) is 5.88 Å². The van der Waals surface area contributed by atoms with Gasteiger partial charge in [-0.3, -0.25) is 9.59 Å². The predicted octanol–water partition coefficient (Wildman–Crippen LogP) is 12.2. The fourth-order valence-corrected chi connectivity index (χ4v) is 10.4. The Morgan fingerprint density at radius 3 is 1.76 bits per heavy atom. The van der Waals surface area contributed by atoms with Crippen molar-refractivity contribution in [3.05, 3.63) is 164 Å². The molecule has 0 bridgehead atoms. The van der Waals surface area contributed by atoms with Crippen molar-refractivity contribution in [1.82, 2.24) is 30.6 Å². The van der Waals surface area contributed by atoms with Crippen LogP contribution in [0.3, 0.4) is 0 Å². The zero-order valence-electron chi connectivity index (χ0n) is 39.3. The second-order valence-electron chi connectivity index (χ2n) is 18.4. The van der Waals surface area contributed by atoms with E-state index in [1.807, 2.05) is 48.5 Å². The number of aryl methyl sites for hydroxylation is 2. The number of pyridine rings is 1. The zero-order valence-corrected chi connectivity index (χ0v) is 41.5. The van der Waals surface area contributed by atoms with Crippen LogP contribution >= 0.6 is 34.8 Å². The molecule has 4 aromatic carbocycles. The lowest BCUT2D eigenvalue weighted by molar-refractivity contribution is 0.0765. The van der Waals surface area contributed by atoms with Crippen LogP contribution in [0.1, 0.15) is 94.5 Å². The van der Waals surface area contributed by atoms with Crippen LogP contribution in [-0.2, 0) is 12.8 Å². The molecule has 0 aliphatic heterocycles. The highest BCUT2D eigenvalue weighted by Crippen LogP contribution is 2.40. The number of para-hydroxylation sites is 1. The third-order valence-corrected chi connectivity index (χ3v) is 14.9. The van der Waals surface area contributed by atoms with Gasteiger partial charge in [0, 0.05) is 39.9 Å². The first-order valence-electron chi connectivity index (χ1n) is 23.0. The van der Waals surface area contributed by atoms with Crippen LogP contribution in [0, 0.1) is 13.8 Å². The van der Waals surface area contributed by atoms with Crippen molar-refractivity contribution >= 4 is 46.6 Å². The molecule has 67 heavy (non-hydrogen) atoms. The molecule has 8 rings (SSSR count). The number of hydrogen-bond donors (Lipinski definition) is 2. The first-order valence-corrected chi connectivity index (χ1v) is 24.1. The molecule has 0 saturated heterocycles. The zero-order chi connectivity index (χ0) is 47.7. The molecule has 2 saturated carbocycles. The van der Waals surface area contributed by atoms with E-state index in [-0.39, 0.29) is 35.0 Å². The van der Waals surface area contributed by atoms with E-state index in [1.165, 1.54) is 11.1 Å². The highest BCUT2D eigenvalue weighted by atomic mass is 35.5. The Morgan fingerprint density at radius 1 is 0.657 bits per heavy atom. The summed E-state index contributed by atoms with van der Waals surface area (Å²) in [5.41, 5.74) is 5.72. The molecule has 0 unspecified atom stereocenters.